The van der Waals surface area contributed by atoms with Gasteiger partial charge in [-0.2, -0.15) is 0 Å². The van der Waals surface area contributed by atoms with Crippen molar-refractivity contribution in [2.24, 2.45) is 11.8 Å². The highest BCUT2D eigenvalue weighted by molar-refractivity contribution is 5.76. The molecule has 0 bridgehead atoms. The largest absolute Gasteiger partial charge is 0.450 e. The highest BCUT2D eigenvalue weighted by Gasteiger charge is 2.32. The third-order valence-corrected chi connectivity index (χ3v) is 3.84. The number of likely N-dealkylation sites (tertiary alicyclic amines) is 1. The third kappa shape index (κ3) is 5.02. The molecule has 5 heteroatoms. The van der Waals surface area contributed by atoms with Gasteiger partial charge in [-0.15, -0.1) is 0 Å². The summed E-state index contributed by atoms with van der Waals surface area (Å²) in [5.41, 5.74) is 0. The third-order valence-electron chi connectivity index (χ3n) is 3.84. The Labute approximate surface area is 122 Å². The van der Waals surface area contributed by atoms with Crippen molar-refractivity contribution < 1.29 is 14.3 Å². The van der Waals surface area contributed by atoms with Crippen LogP contribution in [0, 0.1) is 11.8 Å². The molecular formula is C15H28N2O3. The first-order chi connectivity index (χ1) is 9.47. The van der Waals surface area contributed by atoms with E-state index < -0.39 is 0 Å². The molecule has 0 aromatic rings. The molecule has 0 spiro atoms. The topological polar surface area (TPSA) is 58.6 Å². The second-order valence-corrected chi connectivity index (χ2v) is 5.85. The number of ether oxygens (including phenoxy) is 1. The van der Waals surface area contributed by atoms with Gasteiger partial charge in [-0.1, -0.05) is 20.8 Å². The van der Waals surface area contributed by atoms with Gasteiger partial charge in [-0.25, -0.2) is 4.79 Å². The van der Waals surface area contributed by atoms with Crippen molar-refractivity contribution in [1.29, 1.82) is 0 Å². The summed E-state index contributed by atoms with van der Waals surface area (Å²) in [4.78, 5) is 25.6. The number of rotatable bonds is 5. The summed E-state index contributed by atoms with van der Waals surface area (Å²) in [5.74, 6) is 1.11. The molecule has 1 rings (SSSR count). The quantitative estimate of drug-likeness (QED) is 0.843. The van der Waals surface area contributed by atoms with E-state index in [1.165, 1.54) is 0 Å². The fourth-order valence-corrected chi connectivity index (χ4v) is 2.64. The van der Waals surface area contributed by atoms with Crippen molar-refractivity contribution in [2.75, 3.05) is 19.7 Å². The first-order valence-corrected chi connectivity index (χ1v) is 7.68. The molecule has 1 saturated heterocycles. The van der Waals surface area contributed by atoms with E-state index in [1.54, 1.807) is 6.92 Å². The highest BCUT2D eigenvalue weighted by Crippen LogP contribution is 2.24. The van der Waals surface area contributed by atoms with E-state index in [0.717, 1.165) is 19.4 Å². The molecule has 1 heterocycles. The Morgan fingerprint density at radius 1 is 1.30 bits per heavy atom. The van der Waals surface area contributed by atoms with E-state index in [4.69, 9.17) is 4.74 Å². The van der Waals surface area contributed by atoms with Crippen LogP contribution in [-0.4, -0.2) is 42.6 Å². The van der Waals surface area contributed by atoms with Crippen molar-refractivity contribution in [1.82, 2.24) is 10.2 Å². The molecule has 0 radical (unpaired) electrons. The molecule has 0 saturated carbocycles. The molecule has 2 unspecified atom stereocenters. The maximum atomic E-state index is 12.1. The van der Waals surface area contributed by atoms with Gasteiger partial charge in [0, 0.05) is 19.5 Å². The standard InChI is InChI=1S/C15H28N2O3/c1-5-7-14(18)17-9-12(11(3)4)8-13(10-17)16-15(19)20-6-2/h11-13H,5-10H2,1-4H3,(H,16,19). The zero-order valence-corrected chi connectivity index (χ0v) is 13.1. The Bertz CT molecular complexity index is 331. The van der Waals surface area contributed by atoms with Gasteiger partial charge >= 0.3 is 6.09 Å². The lowest BCUT2D eigenvalue weighted by Crippen LogP contribution is -2.53. The van der Waals surface area contributed by atoms with Crippen LogP contribution in [0.2, 0.25) is 0 Å². The van der Waals surface area contributed by atoms with Crippen LogP contribution in [0.3, 0.4) is 0 Å². The SMILES string of the molecule is CCCC(=O)N1CC(NC(=O)OCC)CC(C(C)C)C1. The average molecular weight is 284 g/mol. The lowest BCUT2D eigenvalue weighted by Gasteiger charge is -2.39. The van der Waals surface area contributed by atoms with E-state index in [2.05, 4.69) is 19.2 Å². The number of hydrogen-bond donors (Lipinski definition) is 1. The number of carbonyl (C=O) groups is 2. The van der Waals surface area contributed by atoms with Crippen molar-refractivity contribution in [3.05, 3.63) is 0 Å². The minimum absolute atomic E-state index is 0.00370. The van der Waals surface area contributed by atoms with Crippen LogP contribution in [0.15, 0.2) is 0 Å². The van der Waals surface area contributed by atoms with E-state index in [-0.39, 0.29) is 18.0 Å². The number of amides is 2. The minimum atomic E-state index is -0.384. The van der Waals surface area contributed by atoms with Gasteiger partial charge in [0.2, 0.25) is 5.91 Å². The predicted octanol–water partition coefficient (Wildman–Crippen LogP) is 2.41. The van der Waals surface area contributed by atoms with Crippen molar-refractivity contribution >= 4 is 12.0 Å². The summed E-state index contributed by atoms with van der Waals surface area (Å²) in [7, 11) is 0. The van der Waals surface area contributed by atoms with E-state index in [0.29, 0.717) is 31.4 Å². The lowest BCUT2D eigenvalue weighted by atomic mass is 9.85. The molecule has 5 nitrogen and oxygen atoms in total. The van der Waals surface area contributed by atoms with Gasteiger partial charge in [0.25, 0.3) is 0 Å². The number of hydrogen-bond acceptors (Lipinski definition) is 3. The molecule has 20 heavy (non-hydrogen) atoms. The first-order valence-electron chi connectivity index (χ1n) is 7.68. The predicted molar refractivity (Wildman–Crippen MR) is 78.4 cm³/mol. The maximum Gasteiger partial charge on any atom is 0.407 e. The molecule has 2 atom stereocenters. The molecule has 1 aliphatic heterocycles. The van der Waals surface area contributed by atoms with Gasteiger partial charge in [-0.05, 0) is 31.6 Å². The van der Waals surface area contributed by atoms with Crippen LogP contribution in [0.4, 0.5) is 4.79 Å². The molecule has 1 fully saturated rings. The van der Waals surface area contributed by atoms with Gasteiger partial charge in [0.15, 0.2) is 0 Å². The Morgan fingerprint density at radius 3 is 2.55 bits per heavy atom. The van der Waals surface area contributed by atoms with Crippen LogP contribution < -0.4 is 5.32 Å². The zero-order valence-electron chi connectivity index (χ0n) is 13.1. The Morgan fingerprint density at radius 2 is 2.00 bits per heavy atom. The van der Waals surface area contributed by atoms with Gasteiger partial charge in [0.05, 0.1) is 12.6 Å². The number of carbonyl (C=O) groups excluding carboxylic acids is 2. The Hall–Kier alpha value is -1.26. The smallest absolute Gasteiger partial charge is 0.407 e. The number of piperidine rings is 1. The Kier molecular flexibility index (Phi) is 6.82. The zero-order chi connectivity index (χ0) is 15.1. The number of alkyl carbamates (subject to hydrolysis) is 1. The van der Waals surface area contributed by atoms with Crippen LogP contribution >= 0.6 is 0 Å². The second kappa shape index (κ2) is 8.12. The summed E-state index contributed by atoms with van der Waals surface area (Å²) in [6.45, 7) is 9.90. The summed E-state index contributed by atoms with van der Waals surface area (Å²) in [6.07, 6.45) is 1.96. The summed E-state index contributed by atoms with van der Waals surface area (Å²) in [5, 5.41) is 2.88. The van der Waals surface area contributed by atoms with Crippen molar-refractivity contribution in [3.63, 3.8) is 0 Å². The second-order valence-electron chi connectivity index (χ2n) is 5.85. The number of nitrogens with one attached hydrogen (secondary N) is 1. The molecule has 1 N–H and O–H groups in total. The van der Waals surface area contributed by atoms with Gasteiger partial charge in [0.1, 0.15) is 0 Å². The van der Waals surface area contributed by atoms with Crippen molar-refractivity contribution in [3.8, 4) is 0 Å². The van der Waals surface area contributed by atoms with Crippen LogP contribution in [0.1, 0.15) is 47.0 Å². The molecule has 0 aromatic carbocycles. The maximum absolute atomic E-state index is 12.1. The lowest BCUT2D eigenvalue weighted by molar-refractivity contribution is -0.134. The van der Waals surface area contributed by atoms with Gasteiger partial charge in [-0.3, -0.25) is 4.79 Å². The van der Waals surface area contributed by atoms with Crippen molar-refractivity contribution in [2.45, 2.75) is 53.0 Å². The minimum Gasteiger partial charge on any atom is -0.450 e. The van der Waals surface area contributed by atoms with Crippen LogP contribution in [0.25, 0.3) is 0 Å². The summed E-state index contributed by atoms with van der Waals surface area (Å²) in [6, 6.07) is -0.00370. The molecule has 2 amide bonds. The molecule has 116 valence electrons. The van der Waals surface area contributed by atoms with E-state index >= 15 is 0 Å². The fraction of sp³-hybridized carbons (Fsp3) is 0.867. The van der Waals surface area contributed by atoms with E-state index in [1.807, 2.05) is 11.8 Å². The first kappa shape index (κ1) is 16.8. The van der Waals surface area contributed by atoms with Gasteiger partial charge < -0.3 is 15.0 Å². The average Bonchev–Trinajstić information content (AvgIpc) is 2.38. The molecule has 0 aromatic heterocycles. The summed E-state index contributed by atoms with van der Waals surface area (Å²) < 4.78 is 4.93. The van der Waals surface area contributed by atoms with Crippen LogP contribution in [-0.2, 0) is 9.53 Å². The monoisotopic (exact) mass is 284 g/mol. The normalized spacial score (nSPS) is 22.8. The molecule has 1 aliphatic rings. The molecule has 0 aliphatic carbocycles. The number of nitrogens with zero attached hydrogens (tertiary/aromatic N) is 1. The van der Waals surface area contributed by atoms with Crippen LogP contribution in [0.5, 0.6) is 0 Å². The highest BCUT2D eigenvalue weighted by atomic mass is 16.5. The fourth-order valence-electron chi connectivity index (χ4n) is 2.64. The molecular weight excluding hydrogens is 256 g/mol. The Balaban J connectivity index is 2.65. The summed E-state index contributed by atoms with van der Waals surface area (Å²) >= 11 is 0. The van der Waals surface area contributed by atoms with E-state index in [9.17, 15) is 9.59 Å².